The maximum atomic E-state index is 12.5. The van der Waals surface area contributed by atoms with Gasteiger partial charge < -0.3 is 14.6 Å². The third kappa shape index (κ3) is 1.83. The molecule has 1 aromatic carbocycles. The Morgan fingerprint density at radius 3 is 2.74 bits per heavy atom. The molecule has 0 atom stereocenters. The van der Waals surface area contributed by atoms with Crippen LogP contribution in [0.1, 0.15) is 23.7 Å². The number of hydrogen-bond acceptors (Lipinski definition) is 2. The highest BCUT2D eigenvalue weighted by Crippen LogP contribution is 2.28. The molecular formula is C15H18N2O2. The van der Waals surface area contributed by atoms with Gasteiger partial charge in [-0.2, -0.15) is 0 Å². The SMILES string of the molecule is CCC1(O)CN(C(=O)c2cn(C)c3ccccc23)C1. The van der Waals surface area contributed by atoms with Gasteiger partial charge in [0.15, 0.2) is 0 Å². The van der Waals surface area contributed by atoms with Crippen LogP contribution >= 0.6 is 0 Å². The number of para-hydroxylation sites is 1. The Kier molecular flexibility index (Phi) is 2.64. The second-order valence-corrected chi connectivity index (χ2v) is 5.41. The van der Waals surface area contributed by atoms with Crippen LogP contribution < -0.4 is 0 Å². The molecule has 4 heteroatoms. The second-order valence-electron chi connectivity index (χ2n) is 5.41. The third-order valence-electron chi connectivity index (χ3n) is 4.04. The van der Waals surface area contributed by atoms with Gasteiger partial charge in [0.2, 0.25) is 0 Å². The topological polar surface area (TPSA) is 45.5 Å². The minimum Gasteiger partial charge on any atom is -0.386 e. The van der Waals surface area contributed by atoms with Crippen LogP contribution in [0.2, 0.25) is 0 Å². The summed E-state index contributed by atoms with van der Waals surface area (Å²) in [5, 5.41) is 11.0. The normalized spacial score (nSPS) is 17.5. The standard InChI is InChI=1S/C15H18N2O2/c1-3-15(19)9-17(10-15)14(18)12-8-16(2)13-7-5-4-6-11(12)13/h4-8,19H,3,9-10H2,1-2H3. The first-order valence-electron chi connectivity index (χ1n) is 6.60. The molecule has 1 N–H and O–H groups in total. The van der Waals surface area contributed by atoms with E-state index in [-0.39, 0.29) is 5.91 Å². The van der Waals surface area contributed by atoms with Crippen molar-refractivity contribution in [2.75, 3.05) is 13.1 Å². The summed E-state index contributed by atoms with van der Waals surface area (Å²) in [5.74, 6) is 0.00919. The Labute approximate surface area is 112 Å². The molecule has 2 heterocycles. The van der Waals surface area contributed by atoms with Crippen molar-refractivity contribution in [1.29, 1.82) is 0 Å². The molecule has 0 aliphatic carbocycles. The number of aryl methyl sites for hydroxylation is 1. The first kappa shape index (κ1) is 12.2. The number of likely N-dealkylation sites (tertiary alicyclic amines) is 1. The average Bonchev–Trinajstić information content (AvgIpc) is 2.72. The largest absolute Gasteiger partial charge is 0.386 e. The van der Waals surface area contributed by atoms with Crippen molar-refractivity contribution in [2.45, 2.75) is 18.9 Å². The van der Waals surface area contributed by atoms with Gasteiger partial charge in [-0.15, -0.1) is 0 Å². The van der Waals surface area contributed by atoms with Gasteiger partial charge in [-0.05, 0) is 12.5 Å². The molecule has 1 aliphatic heterocycles. The lowest BCUT2D eigenvalue weighted by Gasteiger charge is -2.46. The fraction of sp³-hybridized carbons (Fsp3) is 0.400. The Balaban J connectivity index is 1.91. The number of hydrogen-bond donors (Lipinski definition) is 1. The van der Waals surface area contributed by atoms with Gasteiger partial charge in [-0.3, -0.25) is 4.79 Å². The second kappa shape index (κ2) is 4.10. The van der Waals surface area contributed by atoms with E-state index in [1.54, 1.807) is 4.90 Å². The lowest BCUT2D eigenvalue weighted by atomic mass is 9.90. The highest BCUT2D eigenvalue weighted by atomic mass is 16.3. The molecule has 3 rings (SSSR count). The first-order valence-corrected chi connectivity index (χ1v) is 6.60. The molecule has 2 aromatic rings. The van der Waals surface area contributed by atoms with Crippen LogP contribution in [0.3, 0.4) is 0 Å². The molecule has 0 saturated carbocycles. The summed E-state index contributed by atoms with van der Waals surface area (Å²) in [7, 11) is 1.94. The van der Waals surface area contributed by atoms with E-state index >= 15 is 0 Å². The maximum absolute atomic E-state index is 12.5. The zero-order chi connectivity index (χ0) is 13.6. The van der Waals surface area contributed by atoms with Crippen molar-refractivity contribution < 1.29 is 9.90 Å². The summed E-state index contributed by atoms with van der Waals surface area (Å²) in [6.07, 6.45) is 2.56. The van der Waals surface area contributed by atoms with E-state index in [2.05, 4.69) is 0 Å². The van der Waals surface area contributed by atoms with Crippen molar-refractivity contribution in [1.82, 2.24) is 9.47 Å². The number of nitrogens with zero attached hydrogens (tertiary/aromatic N) is 2. The molecule has 0 bridgehead atoms. The van der Waals surface area contributed by atoms with Gasteiger partial charge in [0.05, 0.1) is 24.3 Å². The summed E-state index contributed by atoms with van der Waals surface area (Å²) < 4.78 is 1.97. The maximum Gasteiger partial charge on any atom is 0.256 e. The van der Waals surface area contributed by atoms with Crippen LogP contribution in [0.25, 0.3) is 10.9 Å². The minimum absolute atomic E-state index is 0.00919. The Morgan fingerprint density at radius 2 is 2.05 bits per heavy atom. The molecule has 4 nitrogen and oxygen atoms in total. The molecule has 19 heavy (non-hydrogen) atoms. The van der Waals surface area contributed by atoms with Crippen molar-refractivity contribution in [3.05, 3.63) is 36.0 Å². The number of aromatic nitrogens is 1. The van der Waals surface area contributed by atoms with E-state index in [1.807, 2.05) is 49.0 Å². The number of amides is 1. The number of carbonyl (C=O) groups is 1. The van der Waals surface area contributed by atoms with E-state index < -0.39 is 5.60 Å². The fourth-order valence-electron chi connectivity index (χ4n) is 2.71. The van der Waals surface area contributed by atoms with Gasteiger partial charge >= 0.3 is 0 Å². The highest BCUT2D eigenvalue weighted by Gasteiger charge is 2.42. The van der Waals surface area contributed by atoms with Gasteiger partial charge in [-0.25, -0.2) is 0 Å². The van der Waals surface area contributed by atoms with Crippen LogP contribution in [-0.2, 0) is 7.05 Å². The molecule has 1 saturated heterocycles. The number of β-amino-alcohol motifs (C(OH)–C–C–N with tert-alkyl or cyclic N) is 1. The van der Waals surface area contributed by atoms with Gasteiger partial charge in [0.1, 0.15) is 0 Å². The van der Waals surface area contributed by atoms with E-state index in [9.17, 15) is 9.90 Å². The first-order chi connectivity index (χ1) is 9.04. The number of aliphatic hydroxyl groups is 1. The summed E-state index contributed by atoms with van der Waals surface area (Å²) in [6.45, 7) is 2.82. The van der Waals surface area contributed by atoms with E-state index in [0.717, 1.165) is 16.5 Å². The average molecular weight is 258 g/mol. The van der Waals surface area contributed by atoms with E-state index in [4.69, 9.17) is 0 Å². The molecule has 0 unspecified atom stereocenters. The van der Waals surface area contributed by atoms with Crippen LogP contribution in [0, 0.1) is 0 Å². The number of carbonyl (C=O) groups excluding carboxylic acids is 1. The van der Waals surface area contributed by atoms with E-state index in [0.29, 0.717) is 19.5 Å². The van der Waals surface area contributed by atoms with Gasteiger partial charge in [0.25, 0.3) is 5.91 Å². The molecular weight excluding hydrogens is 240 g/mol. The van der Waals surface area contributed by atoms with E-state index in [1.165, 1.54) is 0 Å². The van der Waals surface area contributed by atoms with Crippen LogP contribution in [0.5, 0.6) is 0 Å². The number of benzene rings is 1. The fourth-order valence-corrected chi connectivity index (χ4v) is 2.71. The smallest absolute Gasteiger partial charge is 0.256 e. The molecule has 1 aliphatic rings. The summed E-state index contributed by atoms with van der Waals surface area (Å²) >= 11 is 0. The predicted molar refractivity (Wildman–Crippen MR) is 74.1 cm³/mol. The molecule has 0 radical (unpaired) electrons. The highest BCUT2D eigenvalue weighted by molar-refractivity contribution is 6.07. The van der Waals surface area contributed by atoms with Crippen molar-refractivity contribution >= 4 is 16.8 Å². The lowest BCUT2D eigenvalue weighted by Crippen LogP contribution is -2.63. The summed E-state index contributed by atoms with van der Waals surface area (Å²) in [5.41, 5.74) is 1.09. The van der Waals surface area contributed by atoms with Crippen molar-refractivity contribution in [2.24, 2.45) is 7.05 Å². The quantitative estimate of drug-likeness (QED) is 0.892. The zero-order valence-electron chi connectivity index (χ0n) is 11.3. The summed E-state index contributed by atoms with van der Waals surface area (Å²) in [4.78, 5) is 14.2. The van der Waals surface area contributed by atoms with Gasteiger partial charge in [-0.1, -0.05) is 25.1 Å². The molecule has 1 amide bonds. The molecule has 100 valence electrons. The summed E-state index contributed by atoms with van der Waals surface area (Å²) in [6, 6.07) is 7.88. The van der Waals surface area contributed by atoms with Crippen molar-refractivity contribution in [3.8, 4) is 0 Å². The predicted octanol–water partition coefficient (Wildman–Crippen LogP) is 1.78. The van der Waals surface area contributed by atoms with Crippen LogP contribution in [0.15, 0.2) is 30.5 Å². The van der Waals surface area contributed by atoms with Crippen molar-refractivity contribution in [3.63, 3.8) is 0 Å². The van der Waals surface area contributed by atoms with Crippen LogP contribution in [0.4, 0.5) is 0 Å². The Morgan fingerprint density at radius 1 is 1.37 bits per heavy atom. The lowest BCUT2D eigenvalue weighted by molar-refractivity contribution is -0.0825. The monoisotopic (exact) mass is 258 g/mol. The third-order valence-corrected chi connectivity index (χ3v) is 4.04. The number of rotatable bonds is 2. The molecule has 0 spiro atoms. The molecule has 1 aromatic heterocycles. The van der Waals surface area contributed by atoms with Gasteiger partial charge in [0, 0.05) is 24.1 Å². The minimum atomic E-state index is -0.680. The zero-order valence-corrected chi connectivity index (χ0v) is 11.3. The molecule has 1 fully saturated rings. The van der Waals surface area contributed by atoms with Crippen LogP contribution in [-0.4, -0.2) is 39.2 Å². The Hall–Kier alpha value is -1.81. The number of fused-ring (bicyclic) bond motifs is 1. The Bertz CT molecular complexity index is 639.